The summed E-state index contributed by atoms with van der Waals surface area (Å²) in [6.07, 6.45) is 1.00. The van der Waals surface area contributed by atoms with Crippen LogP contribution in [0.5, 0.6) is 5.75 Å². The summed E-state index contributed by atoms with van der Waals surface area (Å²) in [5.74, 6) is 0.676. The molecule has 1 saturated heterocycles. The van der Waals surface area contributed by atoms with Crippen LogP contribution >= 0.6 is 0 Å². The highest BCUT2D eigenvalue weighted by Gasteiger charge is 2.10. The summed E-state index contributed by atoms with van der Waals surface area (Å²) in [6.45, 7) is 5.46. The van der Waals surface area contributed by atoms with Crippen molar-refractivity contribution in [3.05, 3.63) is 29.3 Å². The Morgan fingerprint density at radius 2 is 2.17 bits per heavy atom. The quantitative estimate of drug-likeness (QED) is 0.860. The zero-order valence-corrected chi connectivity index (χ0v) is 10.8. The average Bonchev–Trinajstić information content (AvgIpc) is 2.45. The Morgan fingerprint density at radius 1 is 1.39 bits per heavy atom. The molecular weight excluding hydrogens is 226 g/mol. The van der Waals surface area contributed by atoms with Crippen LogP contribution < -0.4 is 10.1 Å². The van der Waals surface area contributed by atoms with Crippen molar-refractivity contribution in [2.75, 3.05) is 39.8 Å². The van der Waals surface area contributed by atoms with Crippen molar-refractivity contribution < 1.29 is 4.74 Å². The molecule has 0 radical (unpaired) electrons. The molecule has 0 spiro atoms. The zero-order chi connectivity index (χ0) is 12.8. The summed E-state index contributed by atoms with van der Waals surface area (Å²) in [5, 5.41) is 12.3. The molecule has 0 saturated carbocycles. The first-order valence-electron chi connectivity index (χ1n) is 6.33. The Hall–Kier alpha value is -1.57. The number of rotatable bonds is 4. The number of ether oxygens (including phenoxy) is 1. The molecule has 4 nitrogen and oxygen atoms in total. The van der Waals surface area contributed by atoms with Gasteiger partial charge in [-0.25, -0.2) is 0 Å². The molecule has 0 aliphatic carbocycles. The first-order valence-corrected chi connectivity index (χ1v) is 6.33. The van der Waals surface area contributed by atoms with Crippen LogP contribution in [-0.4, -0.2) is 44.7 Å². The molecule has 18 heavy (non-hydrogen) atoms. The summed E-state index contributed by atoms with van der Waals surface area (Å²) in [4.78, 5) is 2.46. The molecular formula is C14H19N3O. The van der Waals surface area contributed by atoms with E-state index in [1.165, 1.54) is 5.56 Å². The van der Waals surface area contributed by atoms with Gasteiger partial charge in [0.05, 0.1) is 12.7 Å². The third-order valence-corrected chi connectivity index (χ3v) is 3.31. The van der Waals surface area contributed by atoms with Crippen molar-refractivity contribution in [2.24, 2.45) is 0 Å². The van der Waals surface area contributed by atoms with E-state index in [0.717, 1.165) is 39.1 Å². The maximum atomic E-state index is 8.93. The number of piperazine rings is 1. The fourth-order valence-electron chi connectivity index (χ4n) is 2.21. The van der Waals surface area contributed by atoms with Crippen LogP contribution in [0.25, 0.3) is 0 Å². The van der Waals surface area contributed by atoms with Crippen molar-refractivity contribution in [3.8, 4) is 11.8 Å². The predicted octanol–water partition coefficient (Wildman–Crippen LogP) is 1.01. The Labute approximate surface area is 108 Å². The standard InChI is InChI=1S/C14H19N3O/c1-18-14-10-12(2-3-13(14)11-15)4-7-17-8-5-16-6-9-17/h2-3,10,16H,4-9H2,1H3. The maximum absolute atomic E-state index is 8.93. The smallest absolute Gasteiger partial charge is 0.136 e. The molecule has 0 bridgehead atoms. The van der Waals surface area contributed by atoms with E-state index in [0.29, 0.717) is 11.3 Å². The maximum Gasteiger partial charge on any atom is 0.136 e. The number of benzene rings is 1. The highest BCUT2D eigenvalue weighted by atomic mass is 16.5. The van der Waals surface area contributed by atoms with Crippen LogP contribution in [0.15, 0.2) is 18.2 Å². The van der Waals surface area contributed by atoms with Gasteiger partial charge in [-0.15, -0.1) is 0 Å². The first kappa shape index (κ1) is 12.9. The van der Waals surface area contributed by atoms with Crippen LogP contribution in [-0.2, 0) is 6.42 Å². The topological polar surface area (TPSA) is 48.3 Å². The van der Waals surface area contributed by atoms with E-state index in [2.05, 4.69) is 16.3 Å². The highest BCUT2D eigenvalue weighted by molar-refractivity contribution is 5.45. The lowest BCUT2D eigenvalue weighted by molar-refractivity contribution is 0.244. The van der Waals surface area contributed by atoms with Gasteiger partial charge in [-0.05, 0) is 24.1 Å². The molecule has 0 unspecified atom stereocenters. The van der Waals surface area contributed by atoms with E-state index in [-0.39, 0.29) is 0 Å². The summed E-state index contributed by atoms with van der Waals surface area (Å²) >= 11 is 0. The summed E-state index contributed by atoms with van der Waals surface area (Å²) in [5.41, 5.74) is 1.83. The Balaban J connectivity index is 1.95. The predicted molar refractivity (Wildman–Crippen MR) is 70.7 cm³/mol. The minimum atomic E-state index is 0.600. The lowest BCUT2D eigenvalue weighted by atomic mass is 10.1. The van der Waals surface area contributed by atoms with Crippen LogP contribution in [0.4, 0.5) is 0 Å². The van der Waals surface area contributed by atoms with E-state index >= 15 is 0 Å². The molecule has 1 aliphatic heterocycles. The third-order valence-electron chi connectivity index (χ3n) is 3.31. The van der Waals surface area contributed by atoms with Gasteiger partial charge in [-0.2, -0.15) is 5.26 Å². The van der Waals surface area contributed by atoms with Crippen LogP contribution in [0.3, 0.4) is 0 Å². The number of nitrogens with zero attached hydrogens (tertiary/aromatic N) is 2. The molecule has 1 N–H and O–H groups in total. The SMILES string of the molecule is COc1cc(CCN2CCNCC2)ccc1C#N. The largest absolute Gasteiger partial charge is 0.495 e. The number of hydrogen-bond acceptors (Lipinski definition) is 4. The van der Waals surface area contributed by atoms with Crippen LogP contribution in [0.2, 0.25) is 0 Å². The van der Waals surface area contributed by atoms with Crippen molar-refractivity contribution in [1.82, 2.24) is 10.2 Å². The van der Waals surface area contributed by atoms with E-state index in [4.69, 9.17) is 10.00 Å². The number of hydrogen-bond donors (Lipinski definition) is 1. The molecule has 1 fully saturated rings. The minimum Gasteiger partial charge on any atom is -0.495 e. The number of nitrogens with one attached hydrogen (secondary N) is 1. The lowest BCUT2D eigenvalue weighted by Gasteiger charge is -2.27. The van der Waals surface area contributed by atoms with Gasteiger partial charge in [0.1, 0.15) is 11.8 Å². The van der Waals surface area contributed by atoms with E-state index < -0.39 is 0 Å². The molecule has 96 valence electrons. The van der Waals surface area contributed by atoms with Crippen LogP contribution in [0, 0.1) is 11.3 Å². The zero-order valence-electron chi connectivity index (χ0n) is 10.8. The second-order valence-electron chi connectivity index (χ2n) is 4.49. The molecule has 1 aromatic carbocycles. The van der Waals surface area contributed by atoms with Crippen LogP contribution in [0.1, 0.15) is 11.1 Å². The van der Waals surface area contributed by atoms with E-state index in [1.54, 1.807) is 7.11 Å². The summed E-state index contributed by atoms with van der Waals surface area (Å²) in [7, 11) is 1.61. The van der Waals surface area contributed by atoms with E-state index in [9.17, 15) is 0 Å². The Bertz CT molecular complexity index is 433. The molecule has 0 amide bonds. The van der Waals surface area contributed by atoms with Gasteiger partial charge in [-0.1, -0.05) is 6.07 Å². The van der Waals surface area contributed by atoms with Crippen molar-refractivity contribution >= 4 is 0 Å². The third kappa shape index (κ3) is 3.22. The molecule has 4 heteroatoms. The fourth-order valence-corrected chi connectivity index (χ4v) is 2.21. The second-order valence-corrected chi connectivity index (χ2v) is 4.49. The first-order chi connectivity index (χ1) is 8.83. The summed E-state index contributed by atoms with van der Waals surface area (Å²) < 4.78 is 5.22. The second kappa shape index (κ2) is 6.39. The van der Waals surface area contributed by atoms with Gasteiger partial charge in [0, 0.05) is 32.7 Å². The molecule has 1 aromatic rings. The molecule has 0 aromatic heterocycles. The number of methoxy groups -OCH3 is 1. The monoisotopic (exact) mass is 245 g/mol. The molecule has 1 aliphatic rings. The van der Waals surface area contributed by atoms with Gasteiger partial charge in [-0.3, -0.25) is 0 Å². The molecule has 1 heterocycles. The minimum absolute atomic E-state index is 0.600. The Morgan fingerprint density at radius 3 is 2.83 bits per heavy atom. The average molecular weight is 245 g/mol. The number of nitriles is 1. The highest BCUT2D eigenvalue weighted by Crippen LogP contribution is 2.19. The van der Waals surface area contributed by atoms with Crippen molar-refractivity contribution in [2.45, 2.75) is 6.42 Å². The fraction of sp³-hybridized carbons (Fsp3) is 0.500. The van der Waals surface area contributed by atoms with Gasteiger partial charge in [0.2, 0.25) is 0 Å². The van der Waals surface area contributed by atoms with Gasteiger partial charge in [0.15, 0.2) is 0 Å². The summed E-state index contributed by atoms with van der Waals surface area (Å²) in [6, 6.07) is 7.96. The van der Waals surface area contributed by atoms with E-state index in [1.807, 2.05) is 18.2 Å². The lowest BCUT2D eigenvalue weighted by Crippen LogP contribution is -2.44. The Kier molecular flexibility index (Phi) is 4.57. The molecule has 0 atom stereocenters. The van der Waals surface area contributed by atoms with Gasteiger partial charge < -0.3 is 15.0 Å². The normalized spacial score (nSPS) is 16.2. The van der Waals surface area contributed by atoms with Crippen molar-refractivity contribution in [3.63, 3.8) is 0 Å². The van der Waals surface area contributed by atoms with Gasteiger partial charge in [0.25, 0.3) is 0 Å². The molecule has 2 rings (SSSR count). The van der Waals surface area contributed by atoms with Gasteiger partial charge >= 0.3 is 0 Å². The van der Waals surface area contributed by atoms with Crippen molar-refractivity contribution in [1.29, 1.82) is 5.26 Å².